The second-order valence-corrected chi connectivity index (χ2v) is 4.60. The Morgan fingerprint density at radius 2 is 2.22 bits per heavy atom. The zero-order valence-electron chi connectivity index (χ0n) is 10.4. The molecule has 0 fully saturated rings. The molecule has 1 aromatic carbocycles. The third-order valence-corrected chi connectivity index (χ3v) is 3.41. The van der Waals surface area contributed by atoms with Crippen LogP contribution in [0.4, 0.5) is 5.95 Å². The van der Waals surface area contributed by atoms with Crippen LogP contribution in [-0.4, -0.2) is 16.1 Å². The van der Waals surface area contributed by atoms with Crippen LogP contribution >= 0.6 is 0 Å². The van der Waals surface area contributed by atoms with Gasteiger partial charge in [0.05, 0.1) is 0 Å². The van der Waals surface area contributed by atoms with Crippen molar-refractivity contribution < 1.29 is 0 Å². The Labute approximate surface area is 107 Å². The maximum atomic E-state index is 4.33. The van der Waals surface area contributed by atoms with Gasteiger partial charge in [-0.1, -0.05) is 12.1 Å². The fourth-order valence-corrected chi connectivity index (χ4v) is 2.51. The van der Waals surface area contributed by atoms with E-state index < -0.39 is 0 Å². The Morgan fingerprint density at radius 3 is 3.11 bits per heavy atom. The Kier molecular flexibility index (Phi) is 2.89. The molecule has 2 aromatic rings. The van der Waals surface area contributed by atoms with Crippen molar-refractivity contribution in [2.45, 2.75) is 19.3 Å². The molecule has 0 saturated heterocycles. The van der Waals surface area contributed by atoms with Gasteiger partial charge in [0.1, 0.15) is 0 Å². The van der Waals surface area contributed by atoms with Crippen molar-refractivity contribution in [3.8, 4) is 5.69 Å². The fourth-order valence-electron chi connectivity index (χ4n) is 2.51. The lowest BCUT2D eigenvalue weighted by Crippen LogP contribution is -2.05. The van der Waals surface area contributed by atoms with Crippen molar-refractivity contribution in [3.05, 3.63) is 54.4 Å². The predicted octanol–water partition coefficient (Wildman–Crippen LogP) is 2.96. The van der Waals surface area contributed by atoms with Crippen molar-refractivity contribution in [1.29, 1.82) is 0 Å². The molecule has 18 heavy (non-hydrogen) atoms. The highest BCUT2D eigenvalue weighted by molar-refractivity contribution is 5.47. The van der Waals surface area contributed by atoms with E-state index in [0.29, 0.717) is 0 Å². The smallest absolute Gasteiger partial charge is 0.207 e. The predicted molar refractivity (Wildman–Crippen MR) is 74.3 cm³/mol. The van der Waals surface area contributed by atoms with E-state index in [1.165, 1.54) is 36.1 Å². The van der Waals surface area contributed by atoms with Crippen LogP contribution < -0.4 is 5.32 Å². The molecule has 1 heterocycles. The number of benzene rings is 1. The molecule has 1 N–H and O–H groups in total. The van der Waals surface area contributed by atoms with Gasteiger partial charge in [-0.2, -0.15) is 0 Å². The first-order chi connectivity index (χ1) is 8.88. The molecule has 0 aliphatic heterocycles. The van der Waals surface area contributed by atoms with Gasteiger partial charge in [-0.25, -0.2) is 4.98 Å². The molecular formula is C15H17N3. The molecule has 1 aromatic heterocycles. The zero-order valence-corrected chi connectivity index (χ0v) is 10.4. The Morgan fingerprint density at radius 1 is 1.33 bits per heavy atom. The van der Waals surface area contributed by atoms with Gasteiger partial charge in [-0.05, 0) is 42.5 Å². The van der Waals surface area contributed by atoms with Crippen LogP contribution in [0.25, 0.3) is 5.69 Å². The summed E-state index contributed by atoms with van der Waals surface area (Å²) < 4.78 is 2.09. The van der Waals surface area contributed by atoms with E-state index in [0.717, 1.165) is 12.5 Å². The minimum absolute atomic E-state index is 0.724. The van der Waals surface area contributed by atoms with Crippen LogP contribution in [0.3, 0.4) is 0 Å². The molecule has 92 valence electrons. The number of fused-ring (bicyclic) bond motifs is 1. The summed E-state index contributed by atoms with van der Waals surface area (Å²) in [6, 6.07) is 6.70. The van der Waals surface area contributed by atoms with Crippen molar-refractivity contribution in [2.75, 3.05) is 11.9 Å². The van der Waals surface area contributed by atoms with Crippen LogP contribution in [0.15, 0.2) is 43.2 Å². The van der Waals surface area contributed by atoms with Crippen molar-refractivity contribution >= 4 is 5.95 Å². The average molecular weight is 239 g/mol. The van der Waals surface area contributed by atoms with Gasteiger partial charge in [0, 0.05) is 24.6 Å². The molecule has 0 spiro atoms. The average Bonchev–Trinajstić information content (AvgIpc) is 3.03. The molecule has 3 heteroatoms. The second-order valence-electron chi connectivity index (χ2n) is 4.60. The summed E-state index contributed by atoms with van der Waals surface area (Å²) in [5.41, 5.74) is 4.16. The molecule has 0 radical (unpaired) electrons. The number of aromatic nitrogens is 2. The highest BCUT2D eigenvalue weighted by atomic mass is 15.2. The fraction of sp³-hybridized carbons (Fsp3) is 0.267. The summed E-state index contributed by atoms with van der Waals surface area (Å²) in [7, 11) is 0. The summed E-state index contributed by atoms with van der Waals surface area (Å²) in [5.74, 6) is 0.868. The van der Waals surface area contributed by atoms with Crippen LogP contribution in [0.2, 0.25) is 0 Å². The molecule has 3 rings (SSSR count). The number of nitrogens with zero attached hydrogens (tertiary/aromatic N) is 2. The van der Waals surface area contributed by atoms with Gasteiger partial charge >= 0.3 is 0 Å². The molecule has 0 atom stereocenters. The van der Waals surface area contributed by atoms with Crippen molar-refractivity contribution in [1.82, 2.24) is 9.55 Å². The van der Waals surface area contributed by atoms with E-state index in [1.807, 2.05) is 18.5 Å². The molecule has 0 unspecified atom stereocenters. The monoisotopic (exact) mass is 239 g/mol. The second kappa shape index (κ2) is 4.69. The largest absolute Gasteiger partial charge is 0.352 e. The van der Waals surface area contributed by atoms with E-state index in [1.54, 1.807) is 0 Å². The van der Waals surface area contributed by atoms with Gasteiger partial charge < -0.3 is 5.32 Å². The van der Waals surface area contributed by atoms with Gasteiger partial charge in [0.2, 0.25) is 5.95 Å². The van der Waals surface area contributed by atoms with Crippen LogP contribution in [-0.2, 0) is 12.8 Å². The molecule has 3 nitrogen and oxygen atoms in total. The van der Waals surface area contributed by atoms with E-state index in [2.05, 4.69) is 39.6 Å². The first-order valence-electron chi connectivity index (χ1n) is 6.39. The topological polar surface area (TPSA) is 29.9 Å². The number of aryl methyl sites for hydroxylation is 2. The standard InChI is InChI=1S/C15H17N3/c1-2-8-16-15-17-9-10-18(15)14-7-6-12-4-3-5-13(12)11-14/h2,6-7,9-11H,1,3-5,8H2,(H,16,17). The summed E-state index contributed by atoms with van der Waals surface area (Å²) in [6.45, 7) is 4.43. The SMILES string of the molecule is C=CCNc1nccn1-c1ccc2c(c1)CCC2. The normalized spacial score (nSPS) is 13.3. The lowest BCUT2D eigenvalue weighted by molar-refractivity contribution is 0.911. The van der Waals surface area contributed by atoms with Gasteiger partial charge in [-0.15, -0.1) is 6.58 Å². The maximum absolute atomic E-state index is 4.33. The number of nitrogens with one attached hydrogen (secondary N) is 1. The van der Waals surface area contributed by atoms with E-state index in [4.69, 9.17) is 0 Å². The number of hydrogen-bond acceptors (Lipinski definition) is 2. The van der Waals surface area contributed by atoms with Crippen molar-refractivity contribution in [3.63, 3.8) is 0 Å². The Bertz CT molecular complexity index is 569. The molecule has 1 aliphatic carbocycles. The molecular weight excluding hydrogens is 222 g/mol. The quantitative estimate of drug-likeness (QED) is 0.831. The highest BCUT2D eigenvalue weighted by Gasteiger charge is 2.12. The lowest BCUT2D eigenvalue weighted by Gasteiger charge is -2.10. The summed E-state index contributed by atoms with van der Waals surface area (Å²) in [5, 5.41) is 3.24. The molecule has 0 amide bonds. The first kappa shape index (κ1) is 11.1. The lowest BCUT2D eigenvalue weighted by atomic mass is 10.1. The number of imidazole rings is 1. The van der Waals surface area contributed by atoms with E-state index in [-0.39, 0.29) is 0 Å². The van der Waals surface area contributed by atoms with Crippen molar-refractivity contribution in [2.24, 2.45) is 0 Å². The van der Waals surface area contributed by atoms with Crippen LogP contribution in [0.1, 0.15) is 17.5 Å². The summed E-state index contributed by atoms with van der Waals surface area (Å²) in [4.78, 5) is 4.33. The van der Waals surface area contributed by atoms with Gasteiger partial charge in [-0.3, -0.25) is 4.57 Å². The number of hydrogen-bond donors (Lipinski definition) is 1. The Hall–Kier alpha value is -2.03. The van der Waals surface area contributed by atoms with E-state index in [9.17, 15) is 0 Å². The van der Waals surface area contributed by atoms with Crippen LogP contribution in [0, 0.1) is 0 Å². The summed E-state index contributed by atoms with van der Waals surface area (Å²) >= 11 is 0. The maximum Gasteiger partial charge on any atom is 0.207 e. The Balaban J connectivity index is 1.94. The third kappa shape index (κ3) is 1.92. The van der Waals surface area contributed by atoms with Gasteiger partial charge in [0.25, 0.3) is 0 Å². The van der Waals surface area contributed by atoms with Gasteiger partial charge in [0.15, 0.2) is 0 Å². The molecule has 0 saturated carbocycles. The van der Waals surface area contributed by atoms with Crippen LogP contribution in [0.5, 0.6) is 0 Å². The molecule has 0 bridgehead atoms. The minimum Gasteiger partial charge on any atom is -0.352 e. The minimum atomic E-state index is 0.724. The molecule has 1 aliphatic rings. The summed E-state index contributed by atoms with van der Waals surface area (Å²) in [6.07, 6.45) is 9.35. The highest BCUT2D eigenvalue weighted by Crippen LogP contribution is 2.25. The van der Waals surface area contributed by atoms with E-state index >= 15 is 0 Å². The zero-order chi connectivity index (χ0) is 12.4. The first-order valence-corrected chi connectivity index (χ1v) is 6.39. The third-order valence-electron chi connectivity index (χ3n) is 3.41. The number of rotatable bonds is 4. The number of anilines is 1.